The van der Waals surface area contributed by atoms with Gasteiger partial charge >= 0.3 is 10.8 Å². The number of thioether (sulfide) groups is 1. The van der Waals surface area contributed by atoms with E-state index in [-0.39, 0.29) is 71.6 Å². The summed E-state index contributed by atoms with van der Waals surface area (Å²) in [5.41, 5.74) is 1.31. The molecule has 1 aromatic heterocycles. The maximum atomic E-state index is 13.7. The molecule has 4 aliphatic rings. The highest BCUT2D eigenvalue weighted by molar-refractivity contribution is 8.00. The largest absolute Gasteiger partial charge is 0.490 e. The van der Waals surface area contributed by atoms with Crippen LogP contribution in [0.5, 0.6) is 11.5 Å². The van der Waals surface area contributed by atoms with Crippen molar-refractivity contribution in [3.05, 3.63) is 68.4 Å². The number of nitrogens with one attached hydrogen (secondary N) is 2. The van der Waals surface area contributed by atoms with Gasteiger partial charge in [0.1, 0.15) is 5.82 Å². The fourth-order valence-electron chi connectivity index (χ4n) is 8.04. The number of aromatic amines is 1. The number of aliphatic carboxylic acids is 1. The number of H-pyrrole nitrogens is 1. The van der Waals surface area contributed by atoms with Gasteiger partial charge in [0.05, 0.1) is 23.5 Å². The Kier molecular flexibility index (Phi) is 8.33. The minimum absolute atomic E-state index is 0.00125. The number of carbonyl (C=O) groups is 4. The number of carbonyl (C=O) groups excluding carboxylic acids is 3. The van der Waals surface area contributed by atoms with Crippen LogP contribution >= 0.6 is 23.1 Å². The summed E-state index contributed by atoms with van der Waals surface area (Å²) in [6.07, 6.45) is 0.833. The van der Waals surface area contributed by atoms with Gasteiger partial charge in [-0.3, -0.25) is 28.9 Å². The summed E-state index contributed by atoms with van der Waals surface area (Å²) >= 11 is 2.74. The third kappa shape index (κ3) is 5.60. The van der Waals surface area contributed by atoms with Crippen LogP contribution in [0.15, 0.2) is 52.3 Å². The smallest absolute Gasteiger partial charge is 0.305 e. The summed E-state index contributed by atoms with van der Waals surface area (Å²) < 4.78 is 25.0. The zero-order valence-electron chi connectivity index (χ0n) is 25.3. The number of fused-ring (bicyclic) bond motifs is 9. The maximum Gasteiger partial charge on any atom is 0.305 e. The molecule has 2 aliphatic heterocycles. The van der Waals surface area contributed by atoms with Gasteiger partial charge in [0, 0.05) is 34.7 Å². The molecule has 7 atom stereocenters. The number of hydrogen-bond acceptors (Lipinski definition) is 9. The molecule has 47 heavy (non-hydrogen) atoms. The van der Waals surface area contributed by atoms with Gasteiger partial charge in [0.2, 0.25) is 11.8 Å². The molecular weight excluding hydrogens is 650 g/mol. The first-order valence-corrected chi connectivity index (χ1v) is 17.3. The predicted molar refractivity (Wildman–Crippen MR) is 170 cm³/mol. The summed E-state index contributed by atoms with van der Waals surface area (Å²) in [5.74, 6) is -2.74. The number of anilines is 1. The van der Waals surface area contributed by atoms with Crippen LogP contribution in [-0.2, 0) is 19.2 Å². The van der Waals surface area contributed by atoms with Crippen LogP contribution in [0.25, 0.3) is 0 Å². The van der Waals surface area contributed by atoms with Crippen molar-refractivity contribution < 1.29 is 38.1 Å². The number of aromatic nitrogens is 1. The first kappa shape index (κ1) is 31.4. The molecule has 3 N–H and O–H groups in total. The molecule has 2 saturated carbocycles. The van der Waals surface area contributed by atoms with E-state index < -0.39 is 29.5 Å². The van der Waals surface area contributed by atoms with Gasteiger partial charge < -0.3 is 24.9 Å². The van der Waals surface area contributed by atoms with Gasteiger partial charge in [-0.1, -0.05) is 17.4 Å². The van der Waals surface area contributed by atoms with Crippen LogP contribution in [0, 0.1) is 35.4 Å². The maximum absolute atomic E-state index is 13.7. The number of rotatable bonds is 11. The lowest BCUT2D eigenvalue weighted by Gasteiger charge is -2.43. The van der Waals surface area contributed by atoms with E-state index in [9.17, 15) is 28.4 Å². The van der Waals surface area contributed by atoms with Crippen LogP contribution in [0.2, 0.25) is 0 Å². The number of hydrogen-bond donors (Lipinski definition) is 3. The minimum atomic E-state index is -0.967. The van der Waals surface area contributed by atoms with E-state index in [1.807, 2.05) is 19.1 Å². The molecule has 2 bridgehead atoms. The lowest BCUT2D eigenvalue weighted by molar-refractivity contribution is -0.142. The first-order valence-electron chi connectivity index (χ1n) is 15.6. The van der Waals surface area contributed by atoms with Crippen LogP contribution in [-0.4, -0.2) is 63.7 Å². The van der Waals surface area contributed by atoms with Gasteiger partial charge in [-0.05, 0) is 79.5 Å². The van der Waals surface area contributed by atoms with Crippen LogP contribution < -0.4 is 19.7 Å². The second-order valence-corrected chi connectivity index (χ2v) is 14.5. The van der Waals surface area contributed by atoms with Crippen molar-refractivity contribution in [3.8, 4) is 11.5 Å². The van der Waals surface area contributed by atoms with E-state index in [4.69, 9.17) is 14.6 Å². The minimum Gasteiger partial charge on any atom is -0.490 e. The molecule has 1 saturated heterocycles. The Labute approximate surface area is 276 Å². The molecule has 7 rings (SSSR count). The summed E-state index contributed by atoms with van der Waals surface area (Å²) in [6.45, 7) is 1.96. The van der Waals surface area contributed by atoms with Gasteiger partial charge in [0.25, 0.3) is 5.91 Å². The third-order valence-electron chi connectivity index (χ3n) is 9.70. The molecule has 2 aromatic carbocycles. The van der Waals surface area contributed by atoms with Crippen molar-refractivity contribution in [2.24, 2.45) is 29.6 Å². The van der Waals surface area contributed by atoms with E-state index in [0.717, 1.165) is 33.2 Å². The van der Waals surface area contributed by atoms with Crippen molar-refractivity contribution in [3.63, 3.8) is 0 Å². The summed E-state index contributed by atoms with van der Waals surface area (Å²) in [5, 5.41) is 12.5. The van der Waals surface area contributed by atoms with Crippen molar-refractivity contribution in [1.29, 1.82) is 0 Å². The van der Waals surface area contributed by atoms with Gasteiger partial charge in [-0.2, -0.15) is 0 Å². The zero-order valence-corrected chi connectivity index (χ0v) is 26.9. The van der Waals surface area contributed by atoms with E-state index in [1.165, 1.54) is 29.2 Å². The molecule has 6 unspecified atom stereocenters. The zero-order chi connectivity index (χ0) is 33.0. The molecule has 3 amide bonds. The highest BCUT2D eigenvalue weighted by Crippen LogP contribution is 2.68. The van der Waals surface area contributed by atoms with E-state index in [0.29, 0.717) is 23.8 Å². The molecular formula is C33H32FN3O8S2. The number of carboxylic acids is 1. The van der Waals surface area contributed by atoms with Crippen molar-refractivity contribution in [1.82, 2.24) is 9.88 Å². The molecule has 0 radical (unpaired) electrons. The fraction of sp³-hybridized carbons (Fsp3) is 0.424. The number of likely N-dealkylation sites (tertiary alicyclic amines) is 1. The second kappa shape index (κ2) is 12.5. The van der Waals surface area contributed by atoms with Gasteiger partial charge in [-0.15, -0.1) is 11.8 Å². The number of carboxylic acid groups (broad SMARTS) is 1. The SMILES string of the molecule is CCOc1cc([C@H]2c3sc(=O)[nH]c3SC3C4CC(C5C(=O)N(CCCC(=O)O)C(=O)C45)C32)ccc1OCC(=O)Nc1ccc(F)cc1. The van der Waals surface area contributed by atoms with Crippen LogP contribution in [0.4, 0.5) is 10.1 Å². The predicted octanol–water partition coefficient (Wildman–Crippen LogP) is 4.33. The Hall–Kier alpha value is -4.17. The molecule has 3 aromatic rings. The fourth-order valence-corrected chi connectivity index (χ4v) is 10.9. The van der Waals surface area contributed by atoms with Gasteiger partial charge in [0.15, 0.2) is 18.1 Å². The highest BCUT2D eigenvalue weighted by Gasteiger charge is 2.69. The standard InChI is InChI=1S/C33H32FN3O8S2/c1-2-44-21-12-15(5-10-20(21)45-14-22(38)35-17-8-6-16(34)7-9-17)24-25-18-13-19(28(25)46-30-29(24)47-33(43)36-30)27-26(18)31(41)37(32(27)42)11-3-4-23(39)40/h5-10,12,18-19,24-28H,2-4,11,13-14H2,1H3,(H,35,38)(H,36,43)(H,39,40)/t18?,19?,24-,25?,26?,27?,28?/m1/s1. The molecule has 3 heterocycles. The number of ether oxygens (including phenoxy) is 2. The highest BCUT2D eigenvalue weighted by atomic mass is 32.2. The third-order valence-corrected chi connectivity index (χ3v) is 12.3. The Morgan fingerprint density at radius 1 is 1.04 bits per heavy atom. The summed E-state index contributed by atoms with van der Waals surface area (Å²) in [4.78, 5) is 68.5. The molecule has 246 valence electrons. The average Bonchev–Trinajstić information content (AvgIpc) is 3.77. The van der Waals surface area contributed by atoms with Crippen LogP contribution in [0.3, 0.4) is 0 Å². The second-order valence-electron chi connectivity index (χ2n) is 12.3. The number of benzene rings is 2. The molecule has 14 heteroatoms. The van der Waals surface area contributed by atoms with Crippen molar-refractivity contribution in [2.45, 2.75) is 42.4 Å². The Morgan fingerprint density at radius 3 is 2.51 bits per heavy atom. The number of amides is 3. The molecule has 3 fully saturated rings. The lowest BCUT2D eigenvalue weighted by Crippen LogP contribution is -2.42. The van der Waals surface area contributed by atoms with Crippen molar-refractivity contribution in [2.75, 3.05) is 25.1 Å². The summed E-state index contributed by atoms with van der Waals surface area (Å²) in [7, 11) is 0. The van der Waals surface area contributed by atoms with E-state index in [2.05, 4.69) is 10.3 Å². The van der Waals surface area contributed by atoms with Crippen LogP contribution in [0.1, 0.15) is 42.5 Å². The number of nitrogens with zero attached hydrogens (tertiary/aromatic N) is 1. The number of halogens is 1. The Bertz CT molecular complexity index is 1810. The summed E-state index contributed by atoms with van der Waals surface area (Å²) in [6, 6.07) is 10.9. The van der Waals surface area contributed by atoms with Gasteiger partial charge in [-0.25, -0.2) is 4.39 Å². The molecule has 2 aliphatic carbocycles. The number of imide groups is 1. The molecule has 0 spiro atoms. The molecule has 11 nitrogen and oxygen atoms in total. The number of thiazole rings is 1. The normalized spacial score (nSPS) is 26.9. The van der Waals surface area contributed by atoms with E-state index >= 15 is 0 Å². The lowest BCUT2D eigenvalue weighted by atomic mass is 9.68. The van der Waals surface area contributed by atoms with Crippen molar-refractivity contribution >= 4 is 52.5 Å². The first-order chi connectivity index (χ1) is 22.6. The average molecular weight is 682 g/mol. The Morgan fingerprint density at radius 2 is 1.79 bits per heavy atom. The Balaban J connectivity index is 1.16. The monoisotopic (exact) mass is 681 g/mol. The van der Waals surface area contributed by atoms with E-state index in [1.54, 1.807) is 17.8 Å². The quantitative estimate of drug-likeness (QED) is 0.251. The topological polar surface area (TPSA) is 155 Å².